The molecule has 2 fully saturated rings. The molecule has 3 heteroatoms. The number of rotatable bonds is 4. The summed E-state index contributed by atoms with van der Waals surface area (Å²) in [6.07, 6.45) is 14.9. The molecule has 2 aliphatic rings. The number of hydrogen-bond acceptors (Lipinski definition) is 2. The summed E-state index contributed by atoms with van der Waals surface area (Å²) >= 11 is 0. The minimum atomic E-state index is 0.297. The smallest absolute Gasteiger partial charge is 0.110 e. The van der Waals surface area contributed by atoms with Crippen molar-refractivity contribution in [1.29, 1.82) is 0 Å². The van der Waals surface area contributed by atoms with Gasteiger partial charge in [0, 0.05) is 31.4 Å². The number of nitrogens with two attached hydrogens (primary N) is 1. The van der Waals surface area contributed by atoms with Gasteiger partial charge < -0.3 is 10.3 Å². The quantitative estimate of drug-likeness (QED) is 0.915. The Morgan fingerprint density at radius 2 is 2.05 bits per heavy atom. The van der Waals surface area contributed by atoms with E-state index < -0.39 is 0 Å². The maximum absolute atomic E-state index is 6.53. The zero-order chi connectivity index (χ0) is 13.9. The predicted molar refractivity (Wildman–Crippen MR) is 82.4 cm³/mol. The SMILES string of the molecule is CCn1ccnc1CC(N)C1CCC2CCCCC2C1. The van der Waals surface area contributed by atoms with Crippen molar-refractivity contribution >= 4 is 0 Å². The van der Waals surface area contributed by atoms with Crippen LogP contribution < -0.4 is 5.73 Å². The van der Waals surface area contributed by atoms with E-state index in [1.807, 2.05) is 6.20 Å². The van der Waals surface area contributed by atoms with Gasteiger partial charge in [0.05, 0.1) is 0 Å². The largest absolute Gasteiger partial charge is 0.335 e. The van der Waals surface area contributed by atoms with Crippen molar-refractivity contribution in [3.63, 3.8) is 0 Å². The Kier molecular flexibility index (Phi) is 4.45. The van der Waals surface area contributed by atoms with Gasteiger partial charge in [-0.1, -0.05) is 25.7 Å². The van der Waals surface area contributed by atoms with Crippen LogP contribution in [-0.2, 0) is 13.0 Å². The number of imidazole rings is 1. The molecule has 1 aromatic rings. The molecule has 4 atom stereocenters. The third-order valence-corrected chi connectivity index (χ3v) is 5.75. The molecule has 0 aromatic carbocycles. The highest BCUT2D eigenvalue weighted by atomic mass is 15.1. The summed E-state index contributed by atoms with van der Waals surface area (Å²) < 4.78 is 2.23. The molecular formula is C17H29N3. The summed E-state index contributed by atoms with van der Waals surface area (Å²) in [5.74, 6) is 3.88. The van der Waals surface area contributed by atoms with Crippen LogP contribution in [0, 0.1) is 17.8 Å². The molecule has 4 unspecified atom stereocenters. The van der Waals surface area contributed by atoms with Gasteiger partial charge in [-0.25, -0.2) is 4.98 Å². The molecular weight excluding hydrogens is 246 g/mol. The number of nitrogens with zero attached hydrogens (tertiary/aromatic N) is 2. The lowest BCUT2D eigenvalue weighted by Gasteiger charge is -2.41. The molecule has 0 radical (unpaired) electrons. The van der Waals surface area contributed by atoms with Crippen LogP contribution in [-0.4, -0.2) is 15.6 Å². The van der Waals surface area contributed by atoms with Gasteiger partial charge in [0.15, 0.2) is 0 Å². The molecule has 20 heavy (non-hydrogen) atoms. The predicted octanol–water partition coefficient (Wildman–Crippen LogP) is 3.38. The molecule has 2 aliphatic carbocycles. The van der Waals surface area contributed by atoms with Gasteiger partial charge in [0.2, 0.25) is 0 Å². The van der Waals surface area contributed by atoms with Crippen LogP contribution in [0.25, 0.3) is 0 Å². The van der Waals surface area contributed by atoms with E-state index in [9.17, 15) is 0 Å². The van der Waals surface area contributed by atoms with Gasteiger partial charge in [0.25, 0.3) is 0 Å². The first-order valence-corrected chi connectivity index (χ1v) is 8.53. The lowest BCUT2D eigenvalue weighted by molar-refractivity contribution is 0.116. The summed E-state index contributed by atoms with van der Waals surface area (Å²) in [6.45, 7) is 3.17. The van der Waals surface area contributed by atoms with E-state index in [1.54, 1.807) is 0 Å². The van der Waals surface area contributed by atoms with Crippen molar-refractivity contribution in [3.05, 3.63) is 18.2 Å². The van der Waals surface area contributed by atoms with Crippen molar-refractivity contribution in [2.75, 3.05) is 0 Å². The minimum absolute atomic E-state index is 0.297. The average molecular weight is 275 g/mol. The van der Waals surface area contributed by atoms with Gasteiger partial charge in [-0.05, 0) is 43.9 Å². The number of hydrogen-bond donors (Lipinski definition) is 1. The zero-order valence-corrected chi connectivity index (χ0v) is 12.8. The molecule has 3 rings (SSSR count). The van der Waals surface area contributed by atoms with Crippen molar-refractivity contribution < 1.29 is 0 Å². The Morgan fingerprint density at radius 3 is 2.85 bits per heavy atom. The van der Waals surface area contributed by atoms with Crippen LogP contribution in [0.4, 0.5) is 0 Å². The minimum Gasteiger partial charge on any atom is -0.335 e. The standard InChI is InChI=1S/C17H29N3/c1-2-20-10-9-19-17(20)12-16(18)15-8-7-13-5-3-4-6-14(13)11-15/h9-10,13-16H,2-8,11-12,18H2,1H3. The molecule has 0 aliphatic heterocycles. The van der Waals surface area contributed by atoms with Gasteiger partial charge in [-0.15, -0.1) is 0 Å². The second-order valence-electron chi connectivity index (χ2n) is 6.88. The maximum Gasteiger partial charge on any atom is 0.110 e. The fourth-order valence-electron chi connectivity index (χ4n) is 4.49. The van der Waals surface area contributed by atoms with Crippen molar-refractivity contribution in [1.82, 2.24) is 9.55 Å². The Morgan fingerprint density at radius 1 is 1.25 bits per heavy atom. The van der Waals surface area contributed by atoms with Crippen LogP contribution in [0.15, 0.2) is 12.4 Å². The number of aromatic nitrogens is 2. The van der Waals surface area contributed by atoms with Gasteiger partial charge in [-0.3, -0.25) is 0 Å². The Bertz CT molecular complexity index is 426. The molecule has 0 bridgehead atoms. The van der Waals surface area contributed by atoms with E-state index in [0.29, 0.717) is 6.04 Å². The highest BCUT2D eigenvalue weighted by molar-refractivity contribution is 4.97. The summed E-state index contributed by atoms with van der Waals surface area (Å²) in [5.41, 5.74) is 6.53. The van der Waals surface area contributed by atoms with Crippen LogP contribution in [0.5, 0.6) is 0 Å². The van der Waals surface area contributed by atoms with E-state index in [0.717, 1.165) is 30.7 Å². The van der Waals surface area contributed by atoms with E-state index in [2.05, 4.69) is 22.7 Å². The number of fused-ring (bicyclic) bond motifs is 1. The Balaban J connectivity index is 1.58. The molecule has 0 saturated heterocycles. The number of aryl methyl sites for hydroxylation is 1. The molecule has 112 valence electrons. The molecule has 3 nitrogen and oxygen atoms in total. The lowest BCUT2D eigenvalue weighted by Crippen LogP contribution is -2.39. The first-order chi connectivity index (χ1) is 9.78. The van der Waals surface area contributed by atoms with Crippen molar-refractivity contribution in [2.24, 2.45) is 23.5 Å². The van der Waals surface area contributed by atoms with E-state index in [-0.39, 0.29) is 0 Å². The van der Waals surface area contributed by atoms with Crippen molar-refractivity contribution in [3.8, 4) is 0 Å². The molecule has 1 heterocycles. The lowest BCUT2D eigenvalue weighted by atomic mass is 9.66. The van der Waals surface area contributed by atoms with E-state index >= 15 is 0 Å². The highest BCUT2D eigenvalue weighted by Gasteiger charge is 2.34. The van der Waals surface area contributed by atoms with Gasteiger partial charge >= 0.3 is 0 Å². The average Bonchev–Trinajstić information content (AvgIpc) is 2.94. The third kappa shape index (κ3) is 2.93. The van der Waals surface area contributed by atoms with Crippen molar-refractivity contribution in [2.45, 2.75) is 70.9 Å². The van der Waals surface area contributed by atoms with E-state index in [4.69, 9.17) is 5.73 Å². The summed E-state index contributed by atoms with van der Waals surface area (Å²) in [7, 11) is 0. The molecule has 0 spiro atoms. The topological polar surface area (TPSA) is 43.8 Å². The molecule has 0 amide bonds. The van der Waals surface area contributed by atoms with Gasteiger partial charge in [0.1, 0.15) is 5.82 Å². The first-order valence-electron chi connectivity index (χ1n) is 8.53. The Labute approximate surface area is 123 Å². The van der Waals surface area contributed by atoms with Gasteiger partial charge in [-0.2, -0.15) is 0 Å². The van der Waals surface area contributed by atoms with E-state index in [1.165, 1.54) is 50.8 Å². The fourth-order valence-corrected chi connectivity index (χ4v) is 4.49. The normalized spacial score (nSPS) is 31.8. The molecule has 2 N–H and O–H groups in total. The fraction of sp³-hybridized carbons (Fsp3) is 0.824. The van der Waals surface area contributed by atoms with Crippen LogP contribution in [0.2, 0.25) is 0 Å². The maximum atomic E-state index is 6.53. The third-order valence-electron chi connectivity index (χ3n) is 5.75. The summed E-state index contributed by atoms with van der Waals surface area (Å²) in [5, 5.41) is 0. The highest BCUT2D eigenvalue weighted by Crippen LogP contribution is 2.43. The monoisotopic (exact) mass is 275 g/mol. The van der Waals surface area contributed by atoms with Crippen LogP contribution >= 0.6 is 0 Å². The van der Waals surface area contributed by atoms with Crippen LogP contribution in [0.3, 0.4) is 0 Å². The second kappa shape index (κ2) is 6.30. The van der Waals surface area contributed by atoms with Crippen LogP contribution in [0.1, 0.15) is 57.7 Å². The zero-order valence-electron chi connectivity index (χ0n) is 12.8. The molecule has 1 aromatic heterocycles. The second-order valence-corrected chi connectivity index (χ2v) is 6.88. The Hall–Kier alpha value is -0.830. The summed E-state index contributed by atoms with van der Waals surface area (Å²) in [4.78, 5) is 4.49. The summed E-state index contributed by atoms with van der Waals surface area (Å²) in [6, 6.07) is 0.297. The molecule has 2 saturated carbocycles. The first kappa shape index (κ1) is 14.1.